The van der Waals surface area contributed by atoms with E-state index >= 15 is 0 Å². The van der Waals surface area contributed by atoms with Gasteiger partial charge in [0.2, 0.25) is 0 Å². The third-order valence-electron chi connectivity index (χ3n) is 2.90. The molecular formula is C8H14O2. The number of aliphatic hydroxyl groups is 1. The van der Waals surface area contributed by atoms with Crippen molar-refractivity contribution in [2.75, 3.05) is 6.61 Å². The van der Waals surface area contributed by atoms with Gasteiger partial charge in [-0.2, -0.15) is 0 Å². The summed E-state index contributed by atoms with van der Waals surface area (Å²) >= 11 is 0. The van der Waals surface area contributed by atoms with Crippen molar-refractivity contribution in [3.05, 3.63) is 0 Å². The van der Waals surface area contributed by atoms with Crippen LogP contribution in [0.15, 0.2) is 0 Å². The fourth-order valence-electron chi connectivity index (χ4n) is 2.04. The zero-order chi connectivity index (χ0) is 7.03. The summed E-state index contributed by atoms with van der Waals surface area (Å²) in [5.74, 6) is 0. The minimum Gasteiger partial charge on any atom is -0.367 e. The molecular weight excluding hydrogens is 128 g/mol. The first-order valence-corrected chi connectivity index (χ1v) is 4.13. The second-order valence-corrected chi connectivity index (χ2v) is 3.59. The molecule has 1 aliphatic carbocycles. The van der Waals surface area contributed by atoms with Gasteiger partial charge in [-0.15, -0.1) is 0 Å². The Morgan fingerprint density at radius 3 is 2.20 bits per heavy atom. The van der Waals surface area contributed by atoms with Crippen molar-refractivity contribution >= 4 is 0 Å². The predicted octanol–water partition coefficient (Wildman–Crippen LogP) is 1.29. The van der Waals surface area contributed by atoms with E-state index < -0.39 is 6.29 Å². The van der Waals surface area contributed by atoms with Gasteiger partial charge in [-0.25, -0.2) is 0 Å². The Balaban J connectivity index is 1.99. The van der Waals surface area contributed by atoms with Gasteiger partial charge >= 0.3 is 0 Å². The lowest BCUT2D eigenvalue weighted by molar-refractivity contribution is -0.297. The molecule has 0 aromatic carbocycles. The van der Waals surface area contributed by atoms with E-state index in [1.54, 1.807) is 0 Å². The normalized spacial score (nSPS) is 37.5. The summed E-state index contributed by atoms with van der Waals surface area (Å²) in [6, 6.07) is 0. The molecule has 1 N–H and O–H groups in total. The fourth-order valence-corrected chi connectivity index (χ4v) is 2.04. The molecule has 1 saturated heterocycles. The van der Waals surface area contributed by atoms with E-state index in [2.05, 4.69) is 0 Å². The molecule has 0 radical (unpaired) electrons. The first kappa shape index (κ1) is 6.62. The number of ether oxygens (including phenoxy) is 1. The van der Waals surface area contributed by atoms with Crippen molar-refractivity contribution < 1.29 is 9.84 Å². The van der Waals surface area contributed by atoms with Gasteiger partial charge in [0.15, 0.2) is 6.29 Å². The van der Waals surface area contributed by atoms with Gasteiger partial charge in [0, 0.05) is 5.41 Å². The second kappa shape index (κ2) is 2.21. The highest BCUT2D eigenvalue weighted by Crippen LogP contribution is 2.45. The van der Waals surface area contributed by atoms with Crippen LogP contribution in [0, 0.1) is 5.41 Å². The molecule has 0 bridgehead atoms. The molecule has 0 aromatic rings. The lowest BCUT2D eigenvalue weighted by Gasteiger charge is -2.48. The summed E-state index contributed by atoms with van der Waals surface area (Å²) < 4.78 is 4.98. The van der Waals surface area contributed by atoms with Crippen LogP contribution < -0.4 is 0 Å². The summed E-state index contributed by atoms with van der Waals surface area (Å²) in [4.78, 5) is 0. The van der Waals surface area contributed by atoms with Crippen LogP contribution in [0.5, 0.6) is 0 Å². The molecule has 2 fully saturated rings. The topological polar surface area (TPSA) is 29.5 Å². The smallest absolute Gasteiger partial charge is 0.162 e. The van der Waals surface area contributed by atoms with Gasteiger partial charge < -0.3 is 9.84 Å². The van der Waals surface area contributed by atoms with E-state index in [9.17, 15) is 5.11 Å². The van der Waals surface area contributed by atoms with Crippen LogP contribution in [0.2, 0.25) is 0 Å². The lowest BCUT2D eigenvalue weighted by Crippen LogP contribution is -2.52. The van der Waals surface area contributed by atoms with Crippen LogP contribution >= 0.6 is 0 Å². The van der Waals surface area contributed by atoms with Crippen LogP contribution in [0.1, 0.15) is 32.1 Å². The maximum Gasteiger partial charge on any atom is 0.162 e. The third kappa shape index (κ3) is 0.789. The molecule has 2 aliphatic rings. The van der Waals surface area contributed by atoms with Crippen molar-refractivity contribution in [2.24, 2.45) is 5.41 Å². The molecule has 1 aliphatic heterocycles. The number of aliphatic hydroxyl groups excluding tert-OH is 1. The summed E-state index contributed by atoms with van der Waals surface area (Å²) in [7, 11) is 0. The van der Waals surface area contributed by atoms with Crippen LogP contribution in [-0.2, 0) is 4.74 Å². The van der Waals surface area contributed by atoms with Gasteiger partial charge in [-0.3, -0.25) is 0 Å². The predicted molar refractivity (Wildman–Crippen MR) is 37.5 cm³/mol. The molecule has 2 nitrogen and oxygen atoms in total. The molecule has 2 rings (SSSR count). The highest BCUT2D eigenvalue weighted by atomic mass is 16.6. The Kier molecular flexibility index (Phi) is 1.46. The highest BCUT2D eigenvalue weighted by Gasteiger charge is 2.47. The largest absolute Gasteiger partial charge is 0.367 e. The van der Waals surface area contributed by atoms with E-state index in [0.29, 0.717) is 0 Å². The van der Waals surface area contributed by atoms with Crippen molar-refractivity contribution in [3.63, 3.8) is 0 Å². The van der Waals surface area contributed by atoms with Gasteiger partial charge in [0.05, 0.1) is 6.61 Å². The summed E-state index contributed by atoms with van der Waals surface area (Å²) in [5, 5.41) is 9.30. The Labute approximate surface area is 61.2 Å². The van der Waals surface area contributed by atoms with Crippen molar-refractivity contribution in [1.29, 1.82) is 0 Å². The molecule has 1 heterocycles. The zero-order valence-electron chi connectivity index (χ0n) is 6.18. The second-order valence-electron chi connectivity index (χ2n) is 3.59. The van der Waals surface area contributed by atoms with E-state index in [1.807, 2.05) is 0 Å². The monoisotopic (exact) mass is 142 g/mol. The zero-order valence-corrected chi connectivity index (χ0v) is 6.18. The molecule has 1 unspecified atom stereocenters. The Hall–Kier alpha value is -0.0800. The number of rotatable bonds is 0. The molecule has 0 aromatic heterocycles. The average Bonchev–Trinajstić information content (AvgIpc) is 2.04. The Morgan fingerprint density at radius 2 is 1.90 bits per heavy atom. The highest BCUT2D eigenvalue weighted by molar-refractivity contribution is 4.90. The third-order valence-corrected chi connectivity index (χ3v) is 2.90. The van der Waals surface area contributed by atoms with Crippen molar-refractivity contribution in [2.45, 2.75) is 38.4 Å². The lowest BCUT2D eigenvalue weighted by atomic mass is 9.71. The first-order valence-electron chi connectivity index (χ1n) is 4.13. The molecule has 58 valence electrons. The Bertz CT molecular complexity index is 127. The van der Waals surface area contributed by atoms with Crippen LogP contribution in [0.4, 0.5) is 0 Å². The van der Waals surface area contributed by atoms with E-state index in [0.717, 1.165) is 6.61 Å². The van der Waals surface area contributed by atoms with Gasteiger partial charge in [-0.05, 0) is 12.8 Å². The standard InChI is InChI=1S/C8H14O2/c9-7-8(6-10-7)4-2-1-3-5-8/h7,9H,1-6H2. The average molecular weight is 142 g/mol. The molecule has 10 heavy (non-hydrogen) atoms. The summed E-state index contributed by atoms with van der Waals surface area (Å²) in [5.41, 5.74) is 0.193. The van der Waals surface area contributed by atoms with Gasteiger partial charge in [0.25, 0.3) is 0 Å². The number of hydrogen-bond donors (Lipinski definition) is 1. The maximum atomic E-state index is 9.30. The van der Waals surface area contributed by atoms with E-state index in [1.165, 1.54) is 32.1 Å². The molecule has 1 atom stereocenters. The number of hydrogen-bond acceptors (Lipinski definition) is 2. The molecule has 0 amide bonds. The van der Waals surface area contributed by atoms with E-state index in [4.69, 9.17) is 4.74 Å². The van der Waals surface area contributed by atoms with Crippen molar-refractivity contribution in [1.82, 2.24) is 0 Å². The molecule has 2 heteroatoms. The quantitative estimate of drug-likeness (QED) is 0.552. The minimum absolute atomic E-state index is 0.193. The Morgan fingerprint density at radius 1 is 1.20 bits per heavy atom. The van der Waals surface area contributed by atoms with Crippen molar-refractivity contribution in [3.8, 4) is 0 Å². The summed E-state index contributed by atoms with van der Waals surface area (Å²) in [6.45, 7) is 0.800. The van der Waals surface area contributed by atoms with E-state index in [-0.39, 0.29) is 5.41 Å². The molecule has 1 spiro atoms. The minimum atomic E-state index is -0.437. The maximum absolute atomic E-state index is 9.30. The van der Waals surface area contributed by atoms with Gasteiger partial charge in [0.1, 0.15) is 0 Å². The van der Waals surface area contributed by atoms with Crippen LogP contribution in [0.25, 0.3) is 0 Å². The van der Waals surface area contributed by atoms with Crippen LogP contribution in [0.3, 0.4) is 0 Å². The van der Waals surface area contributed by atoms with Crippen LogP contribution in [-0.4, -0.2) is 18.0 Å². The fraction of sp³-hybridized carbons (Fsp3) is 1.00. The molecule has 1 saturated carbocycles. The SMILES string of the molecule is OC1OCC12CCCCC2. The van der Waals surface area contributed by atoms with Gasteiger partial charge in [-0.1, -0.05) is 19.3 Å². The summed E-state index contributed by atoms with van der Waals surface area (Å²) in [6.07, 6.45) is 5.81. The first-order chi connectivity index (χ1) is 4.83.